The molecule has 0 spiro atoms. The second-order valence-corrected chi connectivity index (χ2v) is 9.38. The standard InChI is InChI=1S/C26H24ClN3O3.C2HF3O2/c1-2-13-30-15-20(16-30)32-19-9-7-17(8-10-19)25(31)23-24(21-5-3-4-6-22(21)27)29-33-26(23)18-11-12-28-14-18;3-2(4,5)1(6)7/h3-12,14,20,28H,2,13,15-16H2,1H3;(H,6,7). The molecule has 0 saturated carbocycles. The van der Waals surface area contributed by atoms with Crippen molar-refractivity contribution in [2.75, 3.05) is 19.6 Å². The minimum atomic E-state index is -5.08. The summed E-state index contributed by atoms with van der Waals surface area (Å²) >= 11 is 6.41. The number of nitrogens with one attached hydrogen (secondary N) is 1. The number of nitrogens with zero attached hydrogens (tertiary/aromatic N) is 2. The van der Waals surface area contributed by atoms with E-state index in [1.807, 2.05) is 36.4 Å². The molecule has 1 saturated heterocycles. The van der Waals surface area contributed by atoms with Crippen LogP contribution in [-0.2, 0) is 4.79 Å². The van der Waals surface area contributed by atoms with E-state index < -0.39 is 12.1 Å². The number of carboxylic acid groups (broad SMARTS) is 1. The van der Waals surface area contributed by atoms with Crippen molar-refractivity contribution in [2.45, 2.75) is 25.6 Å². The highest BCUT2D eigenvalue weighted by atomic mass is 35.5. The molecule has 0 aliphatic carbocycles. The molecule has 2 aromatic carbocycles. The number of hydrogen-bond acceptors (Lipinski definition) is 6. The van der Waals surface area contributed by atoms with Gasteiger partial charge in [0.2, 0.25) is 0 Å². The largest absolute Gasteiger partial charge is 0.490 e. The van der Waals surface area contributed by atoms with Crippen LogP contribution in [-0.4, -0.2) is 63.8 Å². The molecule has 8 nitrogen and oxygen atoms in total. The van der Waals surface area contributed by atoms with Crippen LogP contribution in [0.4, 0.5) is 13.2 Å². The topological polar surface area (TPSA) is 109 Å². The third kappa shape index (κ3) is 6.72. The normalized spacial score (nSPS) is 13.7. The molecule has 4 aromatic rings. The molecule has 1 aliphatic rings. The Morgan fingerprint density at radius 1 is 1.15 bits per heavy atom. The number of carboxylic acids is 1. The number of carbonyl (C=O) groups is 2. The molecule has 0 unspecified atom stereocenters. The molecule has 0 bridgehead atoms. The van der Waals surface area contributed by atoms with Crippen molar-refractivity contribution in [3.05, 3.63) is 83.1 Å². The van der Waals surface area contributed by atoms with Gasteiger partial charge < -0.3 is 19.4 Å². The summed E-state index contributed by atoms with van der Waals surface area (Å²) in [5.74, 6) is -1.78. The van der Waals surface area contributed by atoms with Gasteiger partial charge in [-0.25, -0.2) is 4.79 Å². The van der Waals surface area contributed by atoms with E-state index in [9.17, 15) is 18.0 Å². The van der Waals surface area contributed by atoms with Crippen LogP contribution >= 0.6 is 11.6 Å². The van der Waals surface area contributed by atoms with Crippen molar-refractivity contribution in [3.63, 3.8) is 0 Å². The highest BCUT2D eigenvalue weighted by Crippen LogP contribution is 2.37. The summed E-state index contributed by atoms with van der Waals surface area (Å²) in [6, 6.07) is 16.4. The van der Waals surface area contributed by atoms with Gasteiger partial charge in [-0.05, 0) is 49.4 Å². The van der Waals surface area contributed by atoms with Crippen LogP contribution in [0.5, 0.6) is 5.75 Å². The van der Waals surface area contributed by atoms with Crippen molar-refractivity contribution in [2.24, 2.45) is 0 Å². The van der Waals surface area contributed by atoms with E-state index in [2.05, 4.69) is 22.0 Å². The summed E-state index contributed by atoms with van der Waals surface area (Å²) in [5, 5.41) is 11.9. The van der Waals surface area contributed by atoms with Crippen molar-refractivity contribution >= 4 is 23.4 Å². The predicted octanol–water partition coefficient (Wildman–Crippen LogP) is 6.33. The summed E-state index contributed by atoms with van der Waals surface area (Å²) in [7, 11) is 0. The smallest absolute Gasteiger partial charge is 0.488 e. The van der Waals surface area contributed by atoms with Crippen LogP contribution in [0.2, 0.25) is 5.02 Å². The Bertz CT molecular complexity index is 1450. The molecule has 0 amide bonds. The van der Waals surface area contributed by atoms with Gasteiger partial charge in [0.25, 0.3) is 0 Å². The van der Waals surface area contributed by atoms with Crippen LogP contribution < -0.4 is 4.74 Å². The van der Waals surface area contributed by atoms with Crippen LogP contribution in [0.1, 0.15) is 29.3 Å². The molecule has 2 N–H and O–H groups in total. The fourth-order valence-corrected chi connectivity index (χ4v) is 4.34. The highest BCUT2D eigenvalue weighted by molar-refractivity contribution is 6.33. The number of hydrogen-bond donors (Lipinski definition) is 2. The van der Waals surface area contributed by atoms with Gasteiger partial charge in [-0.3, -0.25) is 9.69 Å². The molecule has 0 radical (unpaired) electrons. The number of benzene rings is 2. The Kier molecular flexibility index (Phi) is 8.96. The molecule has 40 heavy (non-hydrogen) atoms. The number of halogens is 4. The maximum atomic E-state index is 13.6. The van der Waals surface area contributed by atoms with Crippen molar-refractivity contribution in [3.8, 4) is 28.3 Å². The SMILES string of the molecule is CCCN1CC(Oc2ccc(C(=O)c3c(-c4ccccc4Cl)noc3-c3cc[nH]c3)cc2)C1.O=C(O)C(F)(F)F. The molecule has 210 valence electrons. The Morgan fingerprint density at radius 3 is 2.40 bits per heavy atom. The second-order valence-electron chi connectivity index (χ2n) is 8.97. The van der Waals surface area contributed by atoms with Gasteiger partial charge in [-0.2, -0.15) is 13.2 Å². The second kappa shape index (κ2) is 12.4. The van der Waals surface area contributed by atoms with Crippen LogP contribution in [0.3, 0.4) is 0 Å². The minimum absolute atomic E-state index is 0.188. The lowest BCUT2D eigenvalue weighted by molar-refractivity contribution is -0.192. The van der Waals surface area contributed by atoms with Crippen LogP contribution in [0.25, 0.3) is 22.6 Å². The minimum Gasteiger partial charge on any atom is -0.488 e. The molecule has 3 heterocycles. The molecular formula is C28H25ClF3N3O5. The van der Waals surface area contributed by atoms with E-state index in [0.717, 1.165) is 37.4 Å². The molecule has 5 rings (SSSR count). The van der Waals surface area contributed by atoms with Gasteiger partial charge in [0.05, 0.1) is 10.6 Å². The summed E-state index contributed by atoms with van der Waals surface area (Å²) in [5.41, 5.74) is 2.72. The van der Waals surface area contributed by atoms with E-state index in [4.69, 9.17) is 30.8 Å². The number of alkyl halides is 3. The lowest BCUT2D eigenvalue weighted by Gasteiger charge is -2.38. The van der Waals surface area contributed by atoms with E-state index in [-0.39, 0.29) is 11.9 Å². The zero-order valence-electron chi connectivity index (χ0n) is 21.2. The Balaban J connectivity index is 0.000000470. The molecular weight excluding hydrogens is 551 g/mol. The van der Waals surface area contributed by atoms with E-state index in [0.29, 0.717) is 33.2 Å². The van der Waals surface area contributed by atoms with E-state index in [1.165, 1.54) is 0 Å². The third-order valence-electron chi connectivity index (χ3n) is 6.03. The number of likely N-dealkylation sites (tertiary alicyclic amines) is 1. The molecule has 2 aromatic heterocycles. The van der Waals surface area contributed by atoms with E-state index >= 15 is 0 Å². The lowest BCUT2D eigenvalue weighted by atomic mass is 9.96. The number of aromatic nitrogens is 2. The average molecular weight is 576 g/mol. The number of rotatable bonds is 8. The Labute approximate surface area is 232 Å². The van der Waals surface area contributed by atoms with Gasteiger partial charge in [-0.15, -0.1) is 0 Å². The number of H-pyrrole nitrogens is 1. The van der Waals surface area contributed by atoms with Gasteiger partial charge in [0.1, 0.15) is 17.5 Å². The zero-order chi connectivity index (χ0) is 28.9. The first-order valence-corrected chi connectivity index (χ1v) is 12.7. The quantitative estimate of drug-likeness (QED) is 0.236. The number of ether oxygens (including phenoxy) is 1. The maximum Gasteiger partial charge on any atom is 0.490 e. The van der Waals surface area contributed by atoms with Crippen LogP contribution in [0.15, 0.2) is 71.5 Å². The van der Waals surface area contributed by atoms with Crippen LogP contribution in [0, 0.1) is 0 Å². The number of aromatic amines is 1. The first-order valence-electron chi connectivity index (χ1n) is 12.3. The Morgan fingerprint density at radius 2 is 1.82 bits per heavy atom. The first kappa shape index (κ1) is 28.9. The van der Waals surface area contributed by atoms with Gasteiger partial charge in [0, 0.05) is 42.2 Å². The average Bonchev–Trinajstić information content (AvgIpc) is 3.58. The van der Waals surface area contributed by atoms with Crippen molar-refractivity contribution in [1.82, 2.24) is 15.0 Å². The molecule has 1 fully saturated rings. The summed E-state index contributed by atoms with van der Waals surface area (Å²) in [4.78, 5) is 27.9. The zero-order valence-corrected chi connectivity index (χ0v) is 22.0. The Hall–Kier alpha value is -4.09. The summed E-state index contributed by atoms with van der Waals surface area (Å²) in [6.07, 6.45) is -0.198. The molecule has 1 aliphatic heterocycles. The fourth-order valence-electron chi connectivity index (χ4n) is 4.12. The van der Waals surface area contributed by atoms with Crippen molar-refractivity contribution < 1.29 is 37.1 Å². The number of carbonyl (C=O) groups excluding carboxylic acids is 1. The third-order valence-corrected chi connectivity index (χ3v) is 6.36. The van der Waals surface area contributed by atoms with Gasteiger partial charge in [0.15, 0.2) is 11.5 Å². The first-order chi connectivity index (χ1) is 19.1. The monoisotopic (exact) mass is 575 g/mol. The summed E-state index contributed by atoms with van der Waals surface area (Å²) in [6.45, 7) is 5.16. The van der Waals surface area contributed by atoms with Gasteiger partial charge >= 0.3 is 12.1 Å². The maximum absolute atomic E-state index is 13.6. The lowest BCUT2D eigenvalue weighted by Crippen LogP contribution is -2.53. The molecule has 12 heteroatoms. The number of aliphatic carboxylic acids is 1. The summed E-state index contributed by atoms with van der Waals surface area (Å²) < 4.78 is 43.4. The highest BCUT2D eigenvalue weighted by Gasteiger charge is 2.38. The predicted molar refractivity (Wildman–Crippen MR) is 141 cm³/mol. The fraction of sp³-hybridized carbons (Fsp3) is 0.250. The van der Waals surface area contributed by atoms with Gasteiger partial charge in [-0.1, -0.05) is 41.9 Å². The van der Waals surface area contributed by atoms with Crippen molar-refractivity contribution in [1.29, 1.82) is 0 Å². The number of ketones is 1. The van der Waals surface area contributed by atoms with E-state index in [1.54, 1.807) is 30.6 Å². The molecule has 0 atom stereocenters.